The number of methoxy groups -OCH3 is 2. The smallest absolute Gasteiger partial charge is 0.263 e. The quantitative estimate of drug-likeness (QED) is 0.748. The zero-order valence-electron chi connectivity index (χ0n) is 12.5. The van der Waals surface area contributed by atoms with Gasteiger partial charge in [0.25, 0.3) is 10.0 Å². The van der Waals surface area contributed by atoms with Crippen LogP contribution in [0.25, 0.3) is 11.0 Å². The summed E-state index contributed by atoms with van der Waals surface area (Å²) in [6.45, 7) is 0. The minimum Gasteiger partial charge on any atom is -0.497 e. The van der Waals surface area contributed by atoms with Crippen molar-refractivity contribution in [2.45, 2.75) is 4.90 Å². The van der Waals surface area contributed by atoms with Gasteiger partial charge in [0, 0.05) is 29.8 Å². The highest BCUT2D eigenvalue weighted by Gasteiger charge is 2.18. The number of pyridine rings is 1. The number of nitrogens with one attached hydrogen (secondary N) is 2. The summed E-state index contributed by atoms with van der Waals surface area (Å²) in [5.41, 5.74) is 0.605. The summed E-state index contributed by atoms with van der Waals surface area (Å²) in [4.78, 5) is 7.19. The number of nitrogens with zero attached hydrogens (tertiary/aromatic N) is 1. The summed E-state index contributed by atoms with van der Waals surface area (Å²) in [5, 5.41) is 0.899. The van der Waals surface area contributed by atoms with Crippen LogP contribution in [0.3, 0.4) is 0 Å². The first-order chi connectivity index (χ1) is 11.0. The lowest BCUT2D eigenvalue weighted by molar-refractivity contribution is 0.392. The van der Waals surface area contributed by atoms with Crippen LogP contribution < -0.4 is 14.2 Å². The van der Waals surface area contributed by atoms with Gasteiger partial charge in [0.1, 0.15) is 23.0 Å². The van der Waals surface area contributed by atoms with Crippen molar-refractivity contribution in [3.8, 4) is 11.5 Å². The van der Waals surface area contributed by atoms with E-state index >= 15 is 0 Å². The van der Waals surface area contributed by atoms with E-state index in [-0.39, 0.29) is 10.7 Å². The molecule has 0 amide bonds. The minimum absolute atomic E-state index is 0.0297. The molecule has 0 aliphatic heterocycles. The first kappa shape index (κ1) is 15.2. The molecule has 0 saturated heterocycles. The zero-order valence-corrected chi connectivity index (χ0v) is 13.3. The number of sulfonamides is 1. The molecule has 0 atom stereocenters. The van der Waals surface area contributed by atoms with Gasteiger partial charge in [-0.2, -0.15) is 0 Å². The molecule has 8 heteroatoms. The number of hydrogen-bond donors (Lipinski definition) is 2. The summed E-state index contributed by atoms with van der Waals surface area (Å²) in [7, 11) is -0.901. The van der Waals surface area contributed by atoms with Crippen LogP contribution in [-0.4, -0.2) is 32.6 Å². The van der Waals surface area contributed by atoms with Gasteiger partial charge in [-0.05, 0) is 18.2 Å². The summed E-state index contributed by atoms with van der Waals surface area (Å²) in [6, 6.07) is 9.67. The van der Waals surface area contributed by atoms with Gasteiger partial charge in [-0.1, -0.05) is 0 Å². The van der Waals surface area contributed by atoms with Crippen molar-refractivity contribution in [1.82, 2.24) is 9.97 Å². The van der Waals surface area contributed by atoms with E-state index < -0.39 is 10.0 Å². The molecule has 0 spiro atoms. The van der Waals surface area contributed by atoms with Gasteiger partial charge >= 0.3 is 0 Å². The largest absolute Gasteiger partial charge is 0.497 e. The van der Waals surface area contributed by atoms with Crippen LogP contribution in [-0.2, 0) is 10.0 Å². The zero-order chi connectivity index (χ0) is 16.4. The predicted molar refractivity (Wildman–Crippen MR) is 86.4 cm³/mol. The van der Waals surface area contributed by atoms with Gasteiger partial charge in [-0.25, -0.2) is 13.4 Å². The molecule has 1 aromatic carbocycles. The first-order valence-electron chi connectivity index (χ1n) is 6.72. The molecular formula is C15H15N3O4S. The molecule has 3 rings (SSSR count). The Morgan fingerprint density at radius 1 is 1.04 bits per heavy atom. The third kappa shape index (κ3) is 3.07. The van der Waals surface area contributed by atoms with E-state index in [0.29, 0.717) is 17.1 Å². The van der Waals surface area contributed by atoms with E-state index in [1.165, 1.54) is 26.4 Å². The second kappa shape index (κ2) is 5.81. The Kier molecular flexibility index (Phi) is 3.83. The summed E-state index contributed by atoms with van der Waals surface area (Å²) < 4.78 is 37.7. The molecule has 0 bridgehead atoms. The van der Waals surface area contributed by atoms with Crippen LogP contribution in [0.5, 0.6) is 11.5 Å². The average Bonchev–Trinajstić information content (AvgIpc) is 3.01. The Hall–Kier alpha value is -2.74. The summed E-state index contributed by atoms with van der Waals surface area (Å²) in [6.07, 6.45) is 1.74. The molecule has 23 heavy (non-hydrogen) atoms. The van der Waals surface area contributed by atoms with Crippen molar-refractivity contribution in [1.29, 1.82) is 0 Å². The number of H-pyrrole nitrogens is 1. The van der Waals surface area contributed by atoms with Gasteiger partial charge in [0.05, 0.1) is 19.1 Å². The van der Waals surface area contributed by atoms with E-state index in [1.807, 2.05) is 6.07 Å². The number of fused-ring (bicyclic) bond motifs is 1. The van der Waals surface area contributed by atoms with E-state index in [4.69, 9.17) is 9.47 Å². The third-order valence-corrected chi connectivity index (χ3v) is 4.62. The molecule has 0 fully saturated rings. The molecule has 2 N–H and O–H groups in total. The maximum Gasteiger partial charge on any atom is 0.263 e. The fourth-order valence-corrected chi connectivity index (χ4v) is 3.17. The number of aromatic amines is 1. The number of hydrogen-bond acceptors (Lipinski definition) is 5. The highest BCUT2D eigenvalue weighted by molar-refractivity contribution is 7.92. The van der Waals surface area contributed by atoms with Gasteiger partial charge in [-0.3, -0.25) is 4.72 Å². The molecule has 120 valence electrons. The number of ether oxygens (including phenoxy) is 2. The Balaban J connectivity index is 1.97. The van der Waals surface area contributed by atoms with Crippen LogP contribution in [0.4, 0.5) is 5.82 Å². The van der Waals surface area contributed by atoms with E-state index in [0.717, 1.165) is 5.39 Å². The van der Waals surface area contributed by atoms with Crippen molar-refractivity contribution < 1.29 is 17.9 Å². The highest BCUT2D eigenvalue weighted by atomic mass is 32.2. The molecule has 2 heterocycles. The van der Waals surface area contributed by atoms with Crippen molar-refractivity contribution >= 4 is 26.9 Å². The van der Waals surface area contributed by atoms with Gasteiger partial charge in [0.15, 0.2) is 0 Å². The molecule has 0 saturated carbocycles. The van der Waals surface area contributed by atoms with Crippen LogP contribution in [0.1, 0.15) is 0 Å². The van der Waals surface area contributed by atoms with Crippen molar-refractivity contribution in [3.63, 3.8) is 0 Å². The fraction of sp³-hybridized carbons (Fsp3) is 0.133. The molecule has 2 aromatic heterocycles. The Bertz CT molecular complexity index is 928. The van der Waals surface area contributed by atoms with Gasteiger partial charge in [-0.15, -0.1) is 0 Å². The fourth-order valence-electron chi connectivity index (χ4n) is 2.12. The van der Waals surface area contributed by atoms with Crippen molar-refractivity contribution in [2.75, 3.05) is 18.9 Å². The highest BCUT2D eigenvalue weighted by Crippen LogP contribution is 2.26. The molecule has 0 radical (unpaired) electrons. The first-order valence-corrected chi connectivity index (χ1v) is 8.20. The lowest BCUT2D eigenvalue weighted by atomic mass is 10.3. The standard InChI is InChI=1S/C15H15N3O4S/c1-21-11-7-12(22-2)9-13(8-11)23(19,20)18-14-4-3-10-5-6-16-15(10)17-14/h3-9H,1-2H3,(H2,16,17,18). The second-order valence-corrected chi connectivity index (χ2v) is 6.45. The van der Waals surface area contributed by atoms with Crippen LogP contribution in [0.2, 0.25) is 0 Å². The monoisotopic (exact) mass is 333 g/mol. The van der Waals surface area contributed by atoms with Gasteiger partial charge in [0.2, 0.25) is 0 Å². The Labute approximate surface area is 133 Å². The maximum atomic E-state index is 12.5. The van der Waals surface area contributed by atoms with E-state index in [1.54, 1.807) is 24.4 Å². The van der Waals surface area contributed by atoms with Crippen molar-refractivity contribution in [3.05, 3.63) is 42.6 Å². The lowest BCUT2D eigenvalue weighted by Crippen LogP contribution is -2.14. The number of aromatic nitrogens is 2. The molecule has 0 aliphatic carbocycles. The molecule has 0 aliphatic rings. The van der Waals surface area contributed by atoms with Crippen LogP contribution in [0.15, 0.2) is 47.5 Å². The van der Waals surface area contributed by atoms with Crippen LogP contribution in [0, 0.1) is 0 Å². The second-order valence-electron chi connectivity index (χ2n) is 4.77. The van der Waals surface area contributed by atoms with E-state index in [9.17, 15) is 8.42 Å². The van der Waals surface area contributed by atoms with Crippen molar-refractivity contribution in [2.24, 2.45) is 0 Å². The van der Waals surface area contributed by atoms with Gasteiger partial charge < -0.3 is 14.5 Å². The minimum atomic E-state index is -3.82. The average molecular weight is 333 g/mol. The lowest BCUT2D eigenvalue weighted by Gasteiger charge is -2.10. The Morgan fingerprint density at radius 2 is 1.74 bits per heavy atom. The summed E-state index contributed by atoms with van der Waals surface area (Å²) in [5.74, 6) is 0.997. The number of anilines is 1. The third-order valence-electron chi connectivity index (χ3n) is 3.28. The summed E-state index contributed by atoms with van der Waals surface area (Å²) >= 11 is 0. The van der Waals surface area contributed by atoms with Crippen LogP contribution >= 0.6 is 0 Å². The molecular weight excluding hydrogens is 318 g/mol. The molecule has 0 unspecified atom stereocenters. The molecule has 7 nitrogen and oxygen atoms in total. The van der Waals surface area contributed by atoms with E-state index in [2.05, 4.69) is 14.7 Å². The SMILES string of the molecule is COc1cc(OC)cc(S(=O)(=O)Nc2ccc3cc[nH]c3n2)c1. The predicted octanol–water partition coefficient (Wildman–Crippen LogP) is 2.38. The topological polar surface area (TPSA) is 93.3 Å². The normalized spacial score (nSPS) is 11.4. The Morgan fingerprint density at radius 3 is 2.39 bits per heavy atom. The number of rotatable bonds is 5. The maximum absolute atomic E-state index is 12.5. The molecule has 3 aromatic rings. The number of benzene rings is 1.